The highest BCUT2D eigenvalue weighted by Crippen LogP contribution is 2.26. The Bertz CT molecular complexity index is 800. The van der Waals surface area contributed by atoms with E-state index in [2.05, 4.69) is 4.98 Å². The van der Waals surface area contributed by atoms with Crippen LogP contribution in [0, 0.1) is 6.92 Å². The molecule has 1 unspecified atom stereocenters. The standard InChI is InChI=1S/C20H25N3O4/c1-14-5-7-15(8-6-14)19-18(21-13-27-19)20(26)23-10-3-4-16(9-11-23)22(2)12-17(24)25/h5-8,13,16H,3-4,9-12H2,1-2H3,(H,24,25). The molecule has 1 aliphatic heterocycles. The van der Waals surface area contributed by atoms with Crippen LogP contribution in [0.15, 0.2) is 35.1 Å². The van der Waals surface area contributed by atoms with E-state index in [-0.39, 0.29) is 18.5 Å². The Morgan fingerprint density at radius 1 is 1.26 bits per heavy atom. The molecule has 0 radical (unpaired) electrons. The third kappa shape index (κ3) is 4.54. The number of carboxylic acids is 1. The molecule has 2 aromatic rings. The summed E-state index contributed by atoms with van der Waals surface area (Å²) in [6, 6.07) is 7.95. The van der Waals surface area contributed by atoms with Gasteiger partial charge in [0.1, 0.15) is 0 Å². The van der Waals surface area contributed by atoms with Crippen LogP contribution in [0.1, 0.15) is 35.3 Å². The molecule has 1 amide bonds. The molecule has 0 saturated carbocycles. The van der Waals surface area contributed by atoms with Crippen LogP contribution in [0.25, 0.3) is 11.3 Å². The van der Waals surface area contributed by atoms with Gasteiger partial charge in [-0.25, -0.2) is 4.98 Å². The maximum atomic E-state index is 13.0. The first-order chi connectivity index (χ1) is 13.0. The number of aliphatic carboxylic acids is 1. The summed E-state index contributed by atoms with van der Waals surface area (Å²) in [5.74, 6) is -0.482. The third-order valence-electron chi connectivity index (χ3n) is 5.08. The van der Waals surface area contributed by atoms with Crippen molar-refractivity contribution in [2.24, 2.45) is 0 Å². The van der Waals surface area contributed by atoms with Crippen molar-refractivity contribution in [2.75, 3.05) is 26.7 Å². The Morgan fingerprint density at radius 2 is 2.00 bits per heavy atom. The second-order valence-electron chi connectivity index (χ2n) is 7.08. The molecule has 0 aliphatic carbocycles. The molecule has 7 nitrogen and oxygen atoms in total. The number of likely N-dealkylation sites (tertiary alicyclic amines) is 1. The summed E-state index contributed by atoms with van der Waals surface area (Å²) in [5.41, 5.74) is 2.29. The number of nitrogens with zero attached hydrogens (tertiary/aromatic N) is 3. The van der Waals surface area contributed by atoms with Gasteiger partial charge in [0.2, 0.25) is 0 Å². The van der Waals surface area contributed by atoms with Crippen LogP contribution in [0.4, 0.5) is 0 Å². The zero-order valence-electron chi connectivity index (χ0n) is 15.7. The molecule has 144 valence electrons. The summed E-state index contributed by atoms with van der Waals surface area (Å²) in [4.78, 5) is 31.8. The van der Waals surface area contributed by atoms with Crippen LogP contribution in [0.3, 0.4) is 0 Å². The van der Waals surface area contributed by atoms with Crippen molar-refractivity contribution in [3.05, 3.63) is 41.9 Å². The number of aromatic nitrogens is 1. The largest absolute Gasteiger partial charge is 0.480 e. The average Bonchev–Trinajstić information content (AvgIpc) is 2.98. The molecule has 7 heteroatoms. The molecule has 27 heavy (non-hydrogen) atoms. The zero-order chi connectivity index (χ0) is 19.4. The highest BCUT2D eigenvalue weighted by atomic mass is 16.4. The van der Waals surface area contributed by atoms with E-state index in [0.717, 1.165) is 30.4 Å². The summed E-state index contributed by atoms with van der Waals surface area (Å²) in [7, 11) is 1.82. The van der Waals surface area contributed by atoms with Gasteiger partial charge >= 0.3 is 5.97 Å². The van der Waals surface area contributed by atoms with Crippen LogP contribution < -0.4 is 0 Å². The first-order valence-corrected chi connectivity index (χ1v) is 9.17. The number of benzene rings is 1. The van der Waals surface area contributed by atoms with Crippen LogP contribution in [-0.4, -0.2) is 64.5 Å². The number of oxazole rings is 1. The molecule has 1 atom stereocenters. The van der Waals surface area contributed by atoms with Crippen molar-refractivity contribution in [1.29, 1.82) is 0 Å². The van der Waals surface area contributed by atoms with E-state index < -0.39 is 5.97 Å². The Balaban J connectivity index is 1.71. The van der Waals surface area contributed by atoms with Crippen molar-refractivity contribution in [3.63, 3.8) is 0 Å². The van der Waals surface area contributed by atoms with Crippen molar-refractivity contribution in [3.8, 4) is 11.3 Å². The van der Waals surface area contributed by atoms with E-state index in [4.69, 9.17) is 9.52 Å². The molecule has 1 aliphatic rings. The molecule has 0 spiro atoms. The number of carbonyl (C=O) groups is 2. The van der Waals surface area contributed by atoms with Gasteiger partial charge in [0, 0.05) is 24.7 Å². The Labute approximate surface area is 158 Å². The topological polar surface area (TPSA) is 86.9 Å². The molecule has 1 N–H and O–H groups in total. The fraction of sp³-hybridized carbons (Fsp3) is 0.450. The number of hydrogen-bond acceptors (Lipinski definition) is 5. The van der Waals surface area contributed by atoms with Gasteiger partial charge in [-0.1, -0.05) is 29.8 Å². The van der Waals surface area contributed by atoms with Crippen LogP contribution in [-0.2, 0) is 4.79 Å². The number of rotatable bonds is 5. The van der Waals surface area contributed by atoms with E-state index in [0.29, 0.717) is 24.5 Å². The summed E-state index contributed by atoms with van der Waals surface area (Å²) < 4.78 is 5.50. The van der Waals surface area contributed by atoms with E-state index >= 15 is 0 Å². The molecule has 1 aromatic carbocycles. The Morgan fingerprint density at radius 3 is 2.70 bits per heavy atom. The number of hydrogen-bond donors (Lipinski definition) is 1. The van der Waals surface area contributed by atoms with Gasteiger partial charge in [-0.3, -0.25) is 14.5 Å². The highest BCUT2D eigenvalue weighted by molar-refractivity contribution is 5.97. The molecular formula is C20H25N3O4. The minimum Gasteiger partial charge on any atom is -0.480 e. The normalized spacial score (nSPS) is 17.7. The fourth-order valence-corrected chi connectivity index (χ4v) is 3.52. The quantitative estimate of drug-likeness (QED) is 0.869. The summed E-state index contributed by atoms with van der Waals surface area (Å²) in [6.07, 6.45) is 3.76. The van der Waals surface area contributed by atoms with E-state index in [1.54, 1.807) is 4.90 Å². The first kappa shape index (κ1) is 19.1. The predicted molar refractivity (Wildman–Crippen MR) is 100 cm³/mol. The Hall–Kier alpha value is -2.67. The second-order valence-corrected chi connectivity index (χ2v) is 7.08. The summed E-state index contributed by atoms with van der Waals surface area (Å²) >= 11 is 0. The van der Waals surface area contributed by atoms with Gasteiger partial charge in [-0.2, -0.15) is 0 Å². The lowest BCUT2D eigenvalue weighted by Gasteiger charge is -2.25. The van der Waals surface area contributed by atoms with Crippen LogP contribution in [0.2, 0.25) is 0 Å². The minimum absolute atomic E-state index is 0.0134. The van der Waals surface area contributed by atoms with E-state index in [1.807, 2.05) is 43.1 Å². The minimum atomic E-state index is -0.833. The summed E-state index contributed by atoms with van der Waals surface area (Å²) in [5, 5.41) is 8.98. The van der Waals surface area contributed by atoms with Crippen molar-refractivity contribution in [2.45, 2.75) is 32.2 Å². The van der Waals surface area contributed by atoms with E-state index in [9.17, 15) is 9.59 Å². The highest BCUT2D eigenvalue weighted by Gasteiger charge is 2.28. The fourth-order valence-electron chi connectivity index (χ4n) is 3.52. The van der Waals surface area contributed by atoms with Gasteiger partial charge in [0.15, 0.2) is 17.8 Å². The molecule has 1 saturated heterocycles. The number of aryl methyl sites for hydroxylation is 1. The zero-order valence-corrected chi connectivity index (χ0v) is 15.7. The average molecular weight is 371 g/mol. The van der Waals surface area contributed by atoms with Gasteiger partial charge in [-0.05, 0) is 33.2 Å². The lowest BCUT2D eigenvalue weighted by Crippen LogP contribution is -2.37. The molecule has 1 aromatic heterocycles. The van der Waals surface area contributed by atoms with Crippen LogP contribution >= 0.6 is 0 Å². The molecule has 1 fully saturated rings. The van der Waals surface area contributed by atoms with Crippen LogP contribution in [0.5, 0.6) is 0 Å². The second kappa shape index (κ2) is 8.35. The van der Waals surface area contributed by atoms with Gasteiger partial charge < -0.3 is 14.4 Å². The maximum Gasteiger partial charge on any atom is 0.317 e. The monoisotopic (exact) mass is 371 g/mol. The predicted octanol–water partition coefficient (Wildman–Crippen LogP) is 2.66. The molecular weight excluding hydrogens is 346 g/mol. The number of likely N-dealkylation sites (N-methyl/N-ethyl adjacent to an activating group) is 1. The van der Waals surface area contributed by atoms with Gasteiger partial charge in [-0.15, -0.1) is 0 Å². The summed E-state index contributed by atoms with van der Waals surface area (Å²) in [6.45, 7) is 3.23. The molecule has 0 bridgehead atoms. The van der Waals surface area contributed by atoms with Gasteiger partial charge in [0.05, 0.1) is 6.54 Å². The lowest BCUT2D eigenvalue weighted by molar-refractivity contribution is -0.138. The lowest BCUT2D eigenvalue weighted by atomic mass is 10.1. The third-order valence-corrected chi connectivity index (χ3v) is 5.08. The first-order valence-electron chi connectivity index (χ1n) is 9.17. The number of carbonyl (C=O) groups excluding carboxylic acids is 1. The van der Waals surface area contributed by atoms with Crippen molar-refractivity contribution in [1.82, 2.24) is 14.8 Å². The maximum absolute atomic E-state index is 13.0. The van der Waals surface area contributed by atoms with E-state index in [1.165, 1.54) is 6.39 Å². The smallest absolute Gasteiger partial charge is 0.317 e. The molecule has 3 rings (SSSR count). The van der Waals surface area contributed by atoms with Gasteiger partial charge in [0.25, 0.3) is 5.91 Å². The van der Waals surface area contributed by atoms with Crippen molar-refractivity contribution >= 4 is 11.9 Å². The van der Waals surface area contributed by atoms with Crippen molar-refractivity contribution < 1.29 is 19.1 Å². The SMILES string of the molecule is Cc1ccc(-c2ocnc2C(=O)N2CCCC(N(C)CC(=O)O)CC2)cc1. The molecule has 2 heterocycles. The Kier molecular flexibility index (Phi) is 5.91. The number of carboxylic acid groups (broad SMARTS) is 1. The number of amides is 1.